The lowest BCUT2D eigenvalue weighted by Gasteiger charge is -2.31. The number of piperidine rings is 1. The van der Waals surface area contributed by atoms with Crippen molar-refractivity contribution in [1.82, 2.24) is 4.90 Å². The summed E-state index contributed by atoms with van der Waals surface area (Å²) in [6, 6.07) is 8.60. The van der Waals surface area contributed by atoms with Gasteiger partial charge in [-0.05, 0) is 61.2 Å². The molecule has 3 heterocycles. The van der Waals surface area contributed by atoms with Crippen LogP contribution in [0.2, 0.25) is 0 Å². The van der Waals surface area contributed by atoms with Crippen LogP contribution >= 0.6 is 11.3 Å². The van der Waals surface area contributed by atoms with Crippen molar-refractivity contribution in [1.29, 1.82) is 0 Å². The average molecular weight is 359 g/mol. The maximum Gasteiger partial charge on any atom is 0.306 e. The molecule has 0 aliphatic carbocycles. The molecular formula is C20H25NO3S. The molecule has 0 spiro atoms. The van der Waals surface area contributed by atoms with Gasteiger partial charge in [0.25, 0.3) is 0 Å². The third-order valence-corrected chi connectivity index (χ3v) is 6.62. The number of aliphatic carboxylic acids is 1. The fraction of sp³-hybridized carbons (Fsp3) is 0.550. The normalized spacial score (nSPS) is 25.6. The molecule has 1 N–H and O–H groups in total. The van der Waals surface area contributed by atoms with E-state index in [4.69, 9.17) is 9.84 Å². The van der Waals surface area contributed by atoms with Gasteiger partial charge >= 0.3 is 5.97 Å². The lowest BCUT2D eigenvalue weighted by atomic mass is 9.97. The average Bonchev–Trinajstić information content (AvgIpc) is 3.23. The summed E-state index contributed by atoms with van der Waals surface area (Å²) in [6.07, 6.45) is 5.41. The summed E-state index contributed by atoms with van der Waals surface area (Å²) in [5, 5.41) is 12.7. The Balaban J connectivity index is 1.28. The fourth-order valence-corrected chi connectivity index (χ4v) is 5.13. The van der Waals surface area contributed by atoms with Crippen LogP contribution in [0.4, 0.5) is 0 Å². The van der Waals surface area contributed by atoms with Crippen molar-refractivity contribution >= 4 is 27.4 Å². The van der Waals surface area contributed by atoms with Gasteiger partial charge in [-0.1, -0.05) is 18.2 Å². The predicted octanol–water partition coefficient (Wildman–Crippen LogP) is 3.79. The molecule has 2 aromatic rings. The standard InChI is InChI=1S/C20H25NO3S/c22-20(23)14-7-9-21(10-8-14)12-17-6-5-16(24-17)11-15-13-25-19-4-2-1-3-18(15)19/h1-4,13-14,16-17H,5-12H2,(H,22,23)/t16-,17+/m0/s1. The van der Waals surface area contributed by atoms with Gasteiger partial charge in [0.05, 0.1) is 18.1 Å². The summed E-state index contributed by atoms with van der Waals surface area (Å²) in [4.78, 5) is 13.4. The number of hydrogen-bond acceptors (Lipinski definition) is 4. The molecule has 4 nitrogen and oxygen atoms in total. The molecule has 2 aliphatic heterocycles. The zero-order valence-corrected chi connectivity index (χ0v) is 15.2. The quantitative estimate of drug-likeness (QED) is 0.882. The van der Waals surface area contributed by atoms with Crippen LogP contribution in [-0.2, 0) is 16.0 Å². The summed E-state index contributed by atoms with van der Waals surface area (Å²) in [7, 11) is 0. The highest BCUT2D eigenvalue weighted by atomic mass is 32.1. The van der Waals surface area contributed by atoms with Crippen LogP contribution < -0.4 is 0 Å². The second-order valence-corrected chi connectivity index (χ2v) is 8.24. The van der Waals surface area contributed by atoms with Gasteiger partial charge in [0.1, 0.15) is 0 Å². The second kappa shape index (κ2) is 7.44. The van der Waals surface area contributed by atoms with Crippen LogP contribution in [0.5, 0.6) is 0 Å². The second-order valence-electron chi connectivity index (χ2n) is 7.33. The highest BCUT2D eigenvalue weighted by Crippen LogP contribution is 2.31. The van der Waals surface area contributed by atoms with E-state index in [-0.39, 0.29) is 5.92 Å². The molecule has 5 heteroatoms. The van der Waals surface area contributed by atoms with Gasteiger partial charge in [0.15, 0.2) is 0 Å². The van der Waals surface area contributed by atoms with E-state index in [0.29, 0.717) is 12.2 Å². The molecule has 0 amide bonds. The molecule has 1 aromatic carbocycles. The Morgan fingerprint density at radius 1 is 1.16 bits per heavy atom. The molecular weight excluding hydrogens is 334 g/mol. The molecule has 4 rings (SSSR count). The van der Waals surface area contributed by atoms with Crippen molar-refractivity contribution in [2.24, 2.45) is 5.92 Å². The van der Waals surface area contributed by atoms with Crippen LogP contribution in [-0.4, -0.2) is 47.8 Å². The minimum Gasteiger partial charge on any atom is -0.481 e. The van der Waals surface area contributed by atoms with Gasteiger partial charge in [-0.3, -0.25) is 4.79 Å². The number of benzene rings is 1. The first-order valence-corrected chi connectivity index (χ1v) is 10.1. The van der Waals surface area contributed by atoms with Gasteiger partial charge in [-0.2, -0.15) is 0 Å². The number of carboxylic acid groups (broad SMARTS) is 1. The topological polar surface area (TPSA) is 49.8 Å². The Hall–Kier alpha value is -1.43. The minimum absolute atomic E-state index is 0.152. The first-order valence-electron chi connectivity index (χ1n) is 9.25. The van der Waals surface area contributed by atoms with Gasteiger partial charge in [-0.15, -0.1) is 11.3 Å². The van der Waals surface area contributed by atoms with Gasteiger partial charge in [0, 0.05) is 17.7 Å². The third-order valence-electron chi connectivity index (χ3n) is 5.60. The number of rotatable bonds is 5. The van der Waals surface area contributed by atoms with Crippen molar-refractivity contribution < 1.29 is 14.6 Å². The molecule has 0 saturated carbocycles. The number of ether oxygens (including phenoxy) is 1. The molecule has 0 unspecified atom stereocenters. The van der Waals surface area contributed by atoms with Gasteiger partial charge < -0.3 is 14.7 Å². The van der Waals surface area contributed by atoms with E-state index in [0.717, 1.165) is 51.7 Å². The Morgan fingerprint density at radius 2 is 1.92 bits per heavy atom. The first kappa shape index (κ1) is 17.0. The maximum absolute atomic E-state index is 11.1. The van der Waals surface area contributed by atoms with Gasteiger partial charge in [-0.25, -0.2) is 0 Å². The molecule has 2 atom stereocenters. The zero-order valence-electron chi connectivity index (χ0n) is 14.4. The van der Waals surface area contributed by atoms with Crippen LogP contribution in [0, 0.1) is 5.92 Å². The molecule has 2 fully saturated rings. The molecule has 1 aromatic heterocycles. The van der Waals surface area contributed by atoms with E-state index in [1.807, 2.05) is 11.3 Å². The third kappa shape index (κ3) is 3.89. The van der Waals surface area contributed by atoms with E-state index in [9.17, 15) is 4.79 Å². The van der Waals surface area contributed by atoms with Crippen LogP contribution in [0.15, 0.2) is 29.6 Å². The minimum atomic E-state index is -0.639. The van der Waals surface area contributed by atoms with Crippen molar-refractivity contribution in [3.05, 3.63) is 35.2 Å². The highest BCUT2D eigenvalue weighted by molar-refractivity contribution is 7.17. The highest BCUT2D eigenvalue weighted by Gasteiger charge is 2.30. The summed E-state index contributed by atoms with van der Waals surface area (Å²) in [6.45, 7) is 2.72. The van der Waals surface area contributed by atoms with E-state index < -0.39 is 5.97 Å². The van der Waals surface area contributed by atoms with Crippen molar-refractivity contribution in [3.63, 3.8) is 0 Å². The molecule has 2 aliphatic rings. The van der Waals surface area contributed by atoms with Crippen molar-refractivity contribution in [3.8, 4) is 0 Å². The lowest BCUT2D eigenvalue weighted by molar-refractivity contribution is -0.143. The van der Waals surface area contributed by atoms with Crippen LogP contribution in [0.1, 0.15) is 31.2 Å². The lowest BCUT2D eigenvalue weighted by Crippen LogP contribution is -2.40. The number of nitrogens with zero attached hydrogens (tertiary/aromatic N) is 1. The van der Waals surface area contributed by atoms with E-state index in [2.05, 4.69) is 34.5 Å². The van der Waals surface area contributed by atoms with E-state index in [1.54, 1.807) is 0 Å². The molecule has 0 bridgehead atoms. The van der Waals surface area contributed by atoms with E-state index >= 15 is 0 Å². The smallest absolute Gasteiger partial charge is 0.306 e. The Bertz CT molecular complexity index is 735. The summed E-state index contributed by atoms with van der Waals surface area (Å²) < 4.78 is 7.66. The number of fused-ring (bicyclic) bond motifs is 1. The van der Waals surface area contributed by atoms with Crippen LogP contribution in [0.25, 0.3) is 10.1 Å². The number of thiophene rings is 1. The number of carboxylic acids is 1. The van der Waals surface area contributed by atoms with E-state index in [1.165, 1.54) is 15.6 Å². The Morgan fingerprint density at radius 3 is 2.72 bits per heavy atom. The summed E-state index contributed by atoms with van der Waals surface area (Å²) in [5.74, 6) is -0.791. The summed E-state index contributed by atoms with van der Waals surface area (Å²) >= 11 is 1.82. The fourth-order valence-electron chi connectivity index (χ4n) is 4.15. The monoisotopic (exact) mass is 359 g/mol. The maximum atomic E-state index is 11.1. The SMILES string of the molecule is O=C(O)C1CCN(C[C@H]2CC[C@@H](Cc3csc4ccccc34)O2)CC1. The zero-order chi connectivity index (χ0) is 17.2. The molecule has 0 radical (unpaired) electrons. The molecule has 2 saturated heterocycles. The van der Waals surface area contributed by atoms with Crippen molar-refractivity contribution in [2.75, 3.05) is 19.6 Å². The van der Waals surface area contributed by atoms with Gasteiger partial charge in [0.2, 0.25) is 0 Å². The Labute approximate surface area is 152 Å². The van der Waals surface area contributed by atoms with Crippen LogP contribution in [0.3, 0.4) is 0 Å². The summed E-state index contributed by atoms with van der Waals surface area (Å²) in [5.41, 5.74) is 1.41. The molecule has 25 heavy (non-hydrogen) atoms. The number of hydrogen-bond donors (Lipinski definition) is 1. The molecule has 134 valence electrons. The van der Waals surface area contributed by atoms with Crippen molar-refractivity contribution in [2.45, 2.75) is 44.3 Å². The number of carbonyl (C=O) groups is 1. The number of likely N-dealkylation sites (tertiary alicyclic amines) is 1. The Kier molecular flexibility index (Phi) is 5.06. The predicted molar refractivity (Wildman–Crippen MR) is 100 cm³/mol. The largest absolute Gasteiger partial charge is 0.481 e. The first-order chi connectivity index (χ1) is 12.2.